The van der Waals surface area contributed by atoms with E-state index in [9.17, 15) is 0 Å². The summed E-state index contributed by atoms with van der Waals surface area (Å²) in [6.45, 7) is 0.631. The molecular weight excluding hydrogens is 216 g/mol. The molecule has 0 aliphatic carbocycles. The van der Waals surface area contributed by atoms with Crippen molar-refractivity contribution in [3.8, 4) is 0 Å². The summed E-state index contributed by atoms with van der Waals surface area (Å²) in [4.78, 5) is 0. The summed E-state index contributed by atoms with van der Waals surface area (Å²) in [5.74, 6) is 0. The Kier molecular flexibility index (Phi) is 7.04. The van der Waals surface area contributed by atoms with Crippen molar-refractivity contribution in [2.75, 3.05) is 6.54 Å². The molecule has 62 valence electrons. The van der Waals surface area contributed by atoms with Gasteiger partial charge in [0.25, 0.3) is 0 Å². The second-order valence-corrected chi connectivity index (χ2v) is 3.85. The summed E-state index contributed by atoms with van der Waals surface area (Å²) in [6.07, 6.45) is 3.51. The fourth-order valence-corrected chi connectivity index (χ4v) is 0.653. The Morgan fingerprint density at radius 3 is 2.36 bits per heavy atom. The van der Waals surface area contributed by atoms with Gasteiger partial charge in [0.2, 0.25) is 0 Å². The van der Waals surface area contributed by atoms with E-state index in [0.717, 1.165) is 0 Å². The van der Waals surface area contributed by atoms with Crippen molar-refractivity contribution in [2.45, 2.75) is 0 Å². The predicted molar refractivity (Wildman–Crippen MR) is 63.4 cm³/mol. The molecule has 0 aromatic heterocycles. The number of thiocarbonyl (C=S) groups is 2. The molecule has 6 heteroatoms. The first-order valence-corrected chi connectivity index (χ1v) is 4.45. The van der Waals surface area contributed by atoms with Crippen LogP contribution in [-0.2, 0) is 0 Å². The van der Waals surface area contributed by atoms with Crippen LogP contribution in [0.2, 0.25) is 0 Å². The molecule has 0 aromatic rings. The topological polar surface area (TPSA) is 24.1 Å². The van der Waals surface area contributed by atoms with Crippen molar-refractivity contribution in [3.63, 3.8) is 0 Å². The maximum atomic E-state index is 4.65. The zero-order valence-corrected chi connectivity index (χ0v) is 8.99. The van der Waals surface area contributed by atoms with E-state index in [1.807, 2.05) is 6.08 Å². The van der Waals surface area contributed by atoms with E-state index >= 15 is 0 Å². The van der Waals surface area contributed by atoms with Crippen molar-refractivity contribution in [1.29, 1.82) is 0 Å². The number of rotatable bonds is 3. The van der Waals surface area contributed by atoms with Crippen molar-refractivity contribution in [2.24, 2.45) is 0 Å². The molecule has 0 fully saturated rings. The normalized spacial score (nSPS) is 9.64. The van der Waals surface area contributed by atoms with Crippen LogP contribution in [0.1, 0.15) is 0 Å². The van der Waals surface area contributed by atoms with Crippen LogP contribution >= 0.6 is 49.7 Å². The third kappa shape index (κ3) is 10.2. The summed E-state index contributed by atoms with van der Waals surface area (Å²) in [5.41, 5.74) is 0. The molecule has 0 heterocycles. The second-order valence-electron chi connectivity index (χ2n) is 1.54. The Morgan fingerprint density at radius 2 is 1.91 bits per heavy atom. The van der Waals surface area contributed by atoms with Gasteiger partial charge in [-0.2, -0.15) is 0 Å². The molecule has 0 aliphatic heterocycles. The number of hydrogen-bond donors (Lipinski definition) is 4. The van der Waals surface area contributed by atoms with E-state index in [0.29, 0.717) is 15.2 Å². The van der Waals surface area contributed by atoms with Gasteiger partial charge >= 0.3 is 0 Å². The fourth-order valence-electron chi connectivity index (χ4n) is 0.335. The number of hydrogen-bond acceptors (Lipinski definition) is 2. The molecule has 11 heavy (non-hydrogen) atoms. The monoisotopic (exact) mass is 224 g/mol. The zero-order chi connectivity index (χ0) is 8.69. The van der Waals surface area contributed by atoms with E-state index in [1.165, 1.54) is 0 Å². The molecule has 0 bridgehead atoms. The largest absolute Gasteiger partial charge is 0.368 e. The van der Waals surface area contributed by atoms with E-state index in [4.69, 9.17) is 0 Å². The highest BCUT2D eigenvalue weighted by atomic mass is 32.1. The van der Waals surface area contributed by atoms with Gasteiger partial charge in [0, 0.05) is 12.7 Å². The zero-order valence-electron chi connectivity index (χ0n) is 5.57. The Balaban J connectivity index is 3.30. The maximum Gasteiger partial charge on any atom is 0.134 e. The Bertz CT molecular complexity index is 177. The molecule has 0 unspecified atom stereocenters. The highest BCUT2D eigenvalue weighted by molar-refractivity contribution is 8.11. The van der Waals surface area contributed by atoms with Crippen molar-refractivity contribution in [1.82, 2.24) is 10.6 Å². The van der Waals surface area contributed by atoms with Gasteiger partial charge in [-0.15, -0.1) is 25.3 Å². The van der Waals surface area contributed by atoms with Gasteiger partial charge in [-0.25, -0.2) is 0 Å². The van der Waals surface area contributed by atoms with E-state index in [2.05, 4.69) is 60.3 Å². The van der Waals surface area contributed by atoms with Crippen molar-refractivity contribution < 1.29 is 0 Å². The molecule has 0 radical (unpaired) electrons. The third-order valence-electron chi connectivity index (χ3n) is 0.696. The minimum absolute atomic E-state index is 0.440. The smallest absolute Gasteiger partial charge is 0.134 e. The van der Waals surface area contributed by atoms with Gasteiger partial charge in [-0.1, -0.05) is 24.4 Å². The SMILES string of the molecule is S=C(S)NC=CCNC(=S)S. The highest BCUT2D eigenvalue weighted by Gasteiger charge is 1.81. The summed E-state index contributed by atoms with van der Waals surface area (Å²) in [7, 11) is 0. The van der Waals surface area contributed by atoms with Gasteiger partial charge in [-0.05, 0) is 6.08 Å². The van der Waals surface area contributed by atoms with E-state index in [-0.39, 0.29) is 0 Å². The van der Waals surface area contributed by atoms with Gasteiger partial charge in [0.1, 0.15) is 8.64 Å². The molecule has 2 nitrogen and oxygen atoms in total. The van der Waals surface area contributed by atoms with Crippen LogP contribution in [0.3, 0.4) is 0 Å². The lowest BCUT2D eigenvalue weighted by Crippen LogP contribution is -2.16. The van der Waals surface area contributed by atoms with E-state index < -0.39 is 0 Å². The lowest BCUT2D eigenvalue weighted by atomic mass is 10.6. The average molecular weight is 224 g/mol. The Hall–Kier alpha value is 0.220. The first kappa shape index (κ1) is 11.2. The third-order valence-corrected chi connectivity index (χ3v) is 1.25. The standard InChI is InChI=1S/C5H8N2S4/c8-4(9)6-2-1-3-7-5(10)11/h1-2H,3H2,(H2,6,8,9)(H2,7,10,11). The van der Waals surface area contributed by atoms with Crippen molar-refractivity contribution >= 4 is 58.3 Å². The number of nitrogens with one attached hydrogen (secondary N) is 2. The van der Waals surface area contributed by atoms with Crippen LogP contribution < -0.4 is 10.6 Å². The summed E-state index contributed by atoms with van der Waals surface area (Å²) >= 11 is 17.0. The van der Waals surface area contributed by atoms with Crippen LogP contribution in [0.5, 0.6) is 0 Å². The fraction of sp³-hybridized carbons (Fsp3) is 0.200. The van der Waals surface area contributed by atoms with Crippen LogP contribution in [0.4, 0.5) is 0 Å². The molecule has 2 N–H and O–H groups in total. The average Bonchev–Trinajstić information content (AvgIpc) is 1.85. The summed E-state index contributed by atoms with van der Waals surface area (Å²) in [6, 6.07) is 0. The van der Waals surface area contributed by atoms with Crippen molar-refractivity contribution in [3.05, 3.63) is 12.3 Å². The molecule has 0 atom stereocenters. The van der Waals surface area contributed by atoms with Gasteiger partial charge in [-0.3, -0.25) is 0 Å². The van der Waals surface area contributed by atoms with Crippen LogP contribution in [0.25, 0.3) is 0 Å². The predicted octanol–water partition coefficient (Wildman–Crippen LogP) is 1.11. The molecular formula is C5H8N2S4. The Labute approximate surface area is 87.6 Å². The maximum absolute atomic E-state index is 4.65. The quantitative estimate of drug-likeness (QED) is 0.426. The molecule has 0 aromatic carbocycles. The molecule has 0 aliphatic rings. The van der Waals surface area contributed by atoms with Crippen LogP contribution in [-0.4, -0.2) is 15.2 Å². The summed E-state index contributed by atoms with van der Waals surface area (Å²) < 4.78 is 0.915. The second kappa shape index (κ2) is 6.90. The van der Waals surface area contributed by atoms with Gasteiger partial charge in [0.05, 0.1) is 0 Å². The van der Waals surface area contributed by atoms with E-state index in [1.54, 1.807) is 6.20 Å². The molecule has 0 saturated carbocycles. The minimum atomic E-state index is 0.440. The molecule has 0 amide bonds. The first-order chi connectivity index (χ1) is 5.13. The van der Waals surface area contributed by atoms with Gasteiger partial charge < -0.3 is 10.6 Å². The molecule has 0 spiro atoms. The highest BCUT2D eigenvalue weighted by Crippen LogP contribution is 1.78. The minimum Gasteiger partial charge on any atom is -0.368 e. The van der Waals surface area contributed by atoms with Gasteiger partial charge in [0.15, 0.2) is 0 Å². The molecule has 0 rings (SSSR count). The molecule has 0 saturated heterocycles. The first-order valence-electron chi connectivity index (χ1n) is 2.74. The lowest BCUT2D eigenvalue weighted by Gasteiger charge is -1.96. The number of thiol groups is 2. The Morgan fingerprint density at radius 1 is 1.27 bits per heavy atom. The summed E-state index contributed by atoms with van der Waals surface area (Å²) in [5, 5.41) is 5.55. The van der Waals surface area contributed by atoms with Crippen LogP contribution in [0.15, 0.2) is 12.3 Å². The lowest BCUT2D eigenvalue weighted by molar-refractivity contribution is 1.07. The van der Waals surface area contributed by atoms with Crippen LogP contribution in [0, 0.1) is 0 Å².